The molecule has 7 heteroatoms. The summed E-state index contributed by atoms with van der Waals surface area (Å²) in [6.07, 6.45) is 0.318. The molecule has 172 valence electrons. The maximum Gasteiger partial charge on any atom is 0.261 e. The molecule has 0 saturated heterocycles. The molecule has 0 saturated carbocycles. The van der Waals surface area contributed by atoms with Crippen molar-refractivity contribution in [3.05, 3.63) is 101 Å². The Morgan fingerprint density at radius 2 is 1.70 bits per heavy atom. The molecule has 3 aromatic carbocycles. The number of hydrogen-bond donors (Lipinski definition) is 1. The largest absolute Gasteiger partial charge is 0.481 e. The van der Waals surface area contributed by atoms with E-state index in [0.717, 1.165) is 11.1 Å². The van der Waals surface area contributed by atoms with Crippen LogP contribution in [0.15, 0.2) is 78.9 Å². The van der Waals surface area contributed by atoms with E-state index in [1.165, 1.54) is 17.0 Å². The Hall–Kier alpha value is -3.38. The minimum atomic E-state index is -0.789. The normalized spacial score (nSPS) is 11.5. The van der Waals surface area contributed by atoms with E-state index in [4.69, 9.17) is 16.3 Å². The molecule has 2 amide bonds. The molecule has 0 fully saturated rings. The Bertz CT molecular complexity index is 1080. The standard InChI is InChI=1S/C26H26ClFN2O3/c1-2-29-26(32)23(16-19-9-4-3-5-10-19)30(17-20-11-8-12-21(27)15-20)25(31)18-33-24-14-7-6-13-22(24)28/h3-15,23H,2,16-18H2,1H3,(H,29,32)/t23-/m1/s1. The molecule has 0 aliphatic carbocycles. The number of nitrogens with one attached hydrogen (secondary N) is 1. The van der Waals surface area contributed by atoms with Crippen LogP contribution in [-0.4, -0.2) is 35.9 Å². The van der Waals surface area contributed by atoms with Crippen LogP contribution in [0.25, 0.3) is 0 Å². The number of nitrogens with zero attached hydrogens (tertiary/aromatic N) is 1. The number of rotatable bonds is 10. The Balaban J connectivity index is 1.90. The number of carbonyl (C=O) groups excluding carboxylic acids is 2. The molecule has 1 N–H and O–H groups in total. The Morgan fingerprint density at radius 1 is 1.00 bits per heavy atom. The quantitative estimate of drug-likeness (QED) is 0.472. The average Bonchev–Trinajstić information content (AvgIpc) is 2.81. The molecule has 3 aromatic rings. The van der Waals surface area contributed by atoms with E-state index in [-0.39, 0.29) is 18.2 Å². The van der Waals surface area contributed by atoms with Gasteiger partial charge in [-0.05, 0) is 42.3 Å². The third-order valence-corrected chi connectivity index (χ3v) is 5.29. The van der Waals surface area contributed by atoms with E-state index in [2.05, 4.69) is 5.32 Å². The van der Waals surface area contributed by atoms with Crippen molar-refractivity contribution in [3.8, 4) is 5.75 Å². The number of hydrogen-bond acceptors (Lipinski definition) is 3. The van der Waals surface area contributed by atoms with Crippen LogP contribution in [0.2, 0.25) is 5.02 Å². The van der Waals surface area contributed by atoms with Crippen LogP contribution >= 0.6 is 11.6 Å². The first-order valence-electron chi connectivity index (χ1n) is 10.7. The summed E-state index contributed by atoms with van der Waals surface area (Å²) in [6.45, 7) is 1.98. The number of ether oxygens (including phenoxy) is 1. The van der Waals surface area contributed by atoms with Crippen LogP contribution in [0.1, 0.15) is 18.1 Å². The molecule has 0 spiro atoms. The van der Waals surface area contributed by atoms with Gasteiger partial charge in [-0.3, -0.25) is 9.59 Å². The fraction of sp³-hybridized carbons (Fsp3) is 0.231. The summed E-state index contributed by atoms with van der Waals surface area (Å²) in [5.74, 6) is -1.30. The van der Waals surface area contributed by atoms with Gasteiger partial charge < -0.3 is 15.0 Å². The lowest BCUT2D eigenvalue weighted by atomic mass is 10.0. The number of halogens is 2. The van der Waals surface area contributed by atoms with Crippen LogP contribution < -0.4 is 10.1 Å². The van der Waals surface area contributed by atoms with Crippen molar-refractivity contribution < 1.29 is 18.7 Å². The van der Waals surface area contributed by atoms with Crippen molar-refractivity contribution in [2.75, 3.05) is 13.2 Å². The van der Waals surface area contributed by atoms with Crippen LogP contribution in [0, 0.1) is 5.82 Å². The SMILES string of the molecule is CCNC(=O)[C@@H](Cc1ccccc1)N(Cc1cccc(Cl)c1)C(=O)COc1ccccc1F. The smallest absolute Gasteiger partial charge is 0.261 e. The molecular weight excluding hydrogens is 443 g/mol. The first kappa shape index (κ1) is 24.3. The van der Waals surface area contributed by atoms with Gasteiger partial charge in [-0.25, -0.2) is 4.39 Å². The molecule has 0 unspecified atom stereocenters. The zero-order chi connectivity index (χ0) is 23.6. The highest BCUT2D eigenvalue weighted by molar-refractivity contribution is 6.30. The van der Waals surface area contributed by atoms with Crippen LogP contribution in [0.4, 0.5) is 4.39 Å². The zero-order valence-corrected chi connectivity index (χ0v) is 19.1. The lowest BCUT2D eigenvalue weighted by Gasteiger charge is -2.31. The van der Waals surface area contributed by atoms with Crippen molar-refractivity contribution in [2.24, 2.45) is 0 Å². The number of benzene rings is 3. The molecule has 0 heterocycles. The Morgan fingerprint density at radius 3 is 2.39 bits per heavy atom. The summed E-state index contributed by atoms with van der Waals surface area (Å²) < 4.78 is 19.4. The molecule has 0 aromatic heterocycles. The summed E-state index contributed by atoms with van der Waals surface area (Å²) in [5, 5.41) is 3.35. The van der Waals surface area contributed by atoms with E-state index >= 15 is 0 Å². The molecule has 0 aliphatic heterocycles. The average molecular weight is 469 g/mol. The number of amides is 2. The topological polar surface area (TPSA) is 58.6 Å². The monoisotopic (exact) mass is 468 g/mol. The van der Waals surface area contributed by atoms with Crippen LogP contribution in [0.5, 0.6) is 5.75 Å². The molecule has 5 nitrogen and oxygen atoms in total. The lowest BCUT2D eigenvalue weighted by Crippen LogP contribution is -2.51. The first-order chi connectivity index (χ1) is 16.0. The highest BCUT2D eigenvalue weighted by atomic mass is 35.5. The molecule has 3 rings (SSSR count). The Labute approximate surface area is 198 Å². The van der Waals surface area contributed by atoms with Crippen molar-refractivity contribution >= 4 is 23.4 Å². The second-order valence-corrected chi connectivity index (χ2v) is 7.91. The summed E-state index contributed by atoms with van der Waals surface area (Å²) in [7, 11) is 0. The van der Waals surface area contributed by atoms with E-state index in [0.29, 0.717) is 18.0 Å². The van der Waals surface area contributed by atoms with E-state index in [9.17, 15) is 14.0 Å². The van der Waals surface area contributed by atoms with Crippen LogP contribution in [-0.2, 0) is 22.6 Å². The van der Waals surface area contributed by atoms with E-state index in [1.807, 2.05) is 43.3 Å². The summed E-state index contributed by atoms with van der Waals surface area (Å²) in [4.78, 5) is 27.8. The Kier molecular flexibility index (Phi) is 8.84. The van der Waals surface area contributed by atoms with Gasteiger partial charge in [-0.2, -0.15) is 0 Å². The van der Waals surface area contributed by atoms with Crippen LogP contribution in [0.3, 0.4) is 0 Å². The fourth-order valence-corrected chi connectivity index (χ4v) is 3.68. The maximum atomic E-state index is 14.0. The molecule has 0 bridgehead atoms. The highest BCUT2D eigenvalue weighted by Gasteiger charge is 2.30. The lowest BCUT2D eigenvalue weighted by molar-refractivity contribution is -0.142. The number of para-hydroxylation sites is 1. The van der Waals surface area contributed by atoms with Gasteiger partial charge in [-0.1, -0.05) is 66.2 Å². The number of likely N-dealkylation sites (N-methyl/N-ethyl adjacent to an activating group) is 1. The molecular formula is C26H26ClFN2O3. The minimum absolute atomic E-state index is 0.0221. The van der Waals surface area contributed by atoms with Gasteiger partial charge in [0.2, 0.25) is 5.91 Å². The van der Waals surface area contributed by atoms with Crippen molar-refractivity contribution in [1.29, 1.82) is 0 Å². The summed E-state index contributed by atoms with van der Waals surface area (Å²) >= 11 is 6.14. The molecule has 1 atom stereocenters. The van der Waals surface area contributed by atoms with Gasteiger partial charge in [-0.15, -0.1) is 0 Å². The van der Waals surface area contributed by atoms with E-state index in [1.54, 1.807) is 30.3 Å². The van der Waals surface area contributed by atoms with E-state index < -0.39 is 24.4 Å². The third kappa shape index (κ3) is 7.05. The third-order valence-electron chi connectivity index (χ3n) is 5.05. The zero-order valence-electron chi connectivity index (χ0n) is 18.3. The second kappa shape index (κ2) is 12.0. The molecule has 0 radical (unpaired) electrons. The summed E-state index contributed by atoms with van der Waals surface area (Å²) in [6, 6.07) is 21.7. The van der Waals surface area contributed by atoms with Crippen molar-refractivity contribution in [3.63, 3.8) is 0 Å². The first-order valence-corrected chi connectivity index (χ1v) is 11.1. The fourth-order valence-electron chi connectivity index (χ4n) is 3.46. The van der Waals surface area contributed by atoms with Gasteiger partial charge in [0.15, 0.2) is 18.2 Å². The minimum Gasteiger partial charge on any atom is -0.481 e. The van der Waals surface area contributed by atoms with Gasteiger partial charge in [0.1, 0.15) is 6.04 Å². The molecule has 0 aliphatic rings. The van der Waals surface area contributed by atoms with Gasteiger partial charge in [0, 0.05) is 24.5 Å². The molecule has 33 heavy (non-hydrogen) atoms. The predicted octanol–water partition coefficient (Wildman–Crippen LogP) is 4.63. The highest BCUT2D eigenvalue weighted by Crippen LogP contribution is 2.19. The summed E-state index contributed by atoms with van der Waals surface area (Å²) in [5.41, 5.74) is 1.68. The maximum absolute atomic E-state index is 14.0. The van der Waals surface area contributed by atoms with Gasteiger partial charge in [0.25, 0.3) is 5.91 Å². The van der Waals surface area contributed by atoms with Crippen molar-refractivity contribution in [2.45, 2.75) is 25.9 Å². The van der Waals surface area contributed by atoms with Gasteiger partial charge in [0.05, 0.1) is 0 Å². The van der Waals surface area contributed by atoms with Crippen molar-refractivity contribution in [1.82, 2.24) is 10.2 Å². The number of carbonyl (C=O) groups is 2. The second-order valence-electron chi connectivity index (χ2n) is 7.47. The predicted molar refractivity (Wildman–Crippen MR) is 127 cm³/mol. The van der Waals surface area contributed by atoms with Gasteiger partial charge >= 0.3 is 0 Å².